The average Bonchev–Trinajstić information content (AvgIpc) is 3.34. The van der Waals surface area contributed by atoms with Crippen LogP contribution in [0.4, 0.5) is 17.1 Å². The van der Waals surface area contributed by atoms with E-state index in [1.54, 1.807) is 12.1 Å². The number of carbonyl (C=O) groups excluding carboxylic acids is 1. The Labute approximate surface area is 161 Å². The summed E-state index contributed by atoms with van der Waals surface area (Å²) in [6, 6.07) is 10.8. The first-order chi connectivity index (χ1) is 13.5. The molecule has 9 nitrogen and oxygen atoms in total. The molecule has 0 aliphatic rings. The Balaban J connectivity index is 1.62. The molecule has 0 aliphatic heterocycles. The van der Waals surface area contributed by atoms with Crippen molar-refractivity contribution in [1.82, 2.24) is 9.78 Å². The number of hydrogen-bond acceptors (Lipinski definition) is 6. The van der Waals surface area contributed by atoms with Crippen LogP contribution < -0.4 is 10.2 Å². The fraction of sp³-hybridized carbons (Fsp3) is 0.263. The number of rotatable bonds is 8. The predicted molar refractivity (Wildman–Crippen MR) is 105 cm³/mol. The largest absolute Gasteiger partial charge is 0.454 e. The fourth-order valence-electron chi connectivity index (χ4n) is 2.82. The van der Waals surface area contributed by atoms with Crippen molar-refractivity contribution in [3.63, 3.8) is 0 Å². The van der Waals surface area contributed by atoms with E-state index in [1.807, 2.05) is 24.3 Å². The van der Waals surface area contributed by atoms with Gasteiger partial charge in [0.05, 0.1) is 11.5 Å². The summed E-state index contributed by atoms with van der Waals surface area (Å²) < 4.78 is 6.92. The SMILES string of the molecule is CCN(CC)c1ccc(NC(=O)c2ccc(Cn3cc([N+](=O)[O-])cn3)o2)cc1. The molecule has 0 radical (unpaired) electrons. The Morgan fingerprint density at radius 2 is 1.93 bits per heavy atom. The van der Waals surface area contributed by atoms with Crippen LogP contribution in [-0.4, -0.2) is 33.7 Å². The van der Waals surface area contributed by atoms with Crippen LogP contribution in [0.1, 0.15) is 30.2 Å². The highest BCUT2D eigenvalue weighted by molar-refractivity contribution is 6.02. The number of benzene rings is 1. The van der Waals surface area contributed by atoms with E-state index >= 15 is 0 Å². The van der Waals surface area contributed by atoms with Gasteiger partial charge in [-0.3, -0.25) is 19.6 Å². The number of nitro groups is 1. The number of anilines is 2. The second kappa shape index (κ2) is 8.38. The lowest BCUT2D eigenvalue weighted by molar-refractivity contribution is -0.385. The predicted octanol–water partition coefficient (Wildman–Crippen LogP) is 3.53. The molecule has 9 heteroatoms. The van der Waals surface area contributed by atoms with Crippen molar-refractivity contribution in [2.45, 2.75) is 20.4 Å². The first-order valence-electron chi connectivity index (χ1n) is 8.92. The highest BCUT2D eigenvalue weighted by atomic mass is 16.6. The van der Waals surface area contributed by atoms with Crippen molar-refractivity contribution in [3.05, 3.63) is 70.4 Å². The average molecular weight is 383 g/mol. The minimum absolute atomic E-state index is 0.0994. The van der Waals surface area contributed by atoms with E-state index in [0.717, 1.165) is 18.8 Å². The molecule has 0 saturated carbocycles. The molecular formula is C19H21N5O4. The van der Waals surface area contributed by atoms with Crippen molar-refractivity contribution in [1.29, 1.82) is 0 Å². The molecule has 0 bridgehead atoms. The van der Waals surface area contributed by atoms with Gasteiger partial charge in [0, 0.05) is 24.5 Å². The van der Waals surface area contributed by atoms with Crippen LogP contribution in [0.25, 0.3) is 0 Å². The lowest BCUT2D eigenvalue weighted by Crippen LogP contribution is -2.21. The highest BCUT2D eigenvalue weighted by Crippen LogP contribution is 2.19. The lowest BCUT2D eigenvalue weighted by atomic mass is 10.2. The summed E-state index contributed by atoms with van der Waals surface area (Å²) in [4.78, 5) is 24.8. The van der Waals surface area contributed by atoms with Gasteiger partial charge in [-0.1, -0.05) is 0 Å². The second-order valence-electron chi connectivity index (χ2n) is 6.09. The summed E-state index contributed by atoms with van der Waals surface area (Å²) in [5.74, 6) is 0.262. The molecule has 0 unspecified atom stereocenters. The molecule has 0 spiro atoms. The molecule has 3 rings (SSSR count). The minimum atomic E-state index is -0.518. The molecule has 146 valence electrons. The van der Waals surface area contributed by atoms with Gasteiger partial charge in [0.2, 0.25) is 0 Å². The van der Waals surface area contributed by atoms with Gasteiger partial charge < -0.3 is 14.6 Å². The first-order valence-corrected chi connectivity index (χ1v) is 8.92. The highest BCUT2D eigenvalue weighted by Gasteiger charge is 2.14. The Hall–Kier alpha value is -3.62. The van der Waals surface area contributed by atoms with Crippen LogP contribution in [0.2, 0.25) is 0 Å². The second-order valence-corrected chi connectivity index (χ2v) is 6.09. The molecule has 0 atom stereocenters. The van der Waals surface area contributed by atoms with E-state index in [4.69, 9.17) is 4.42 Å². The third-order valence-electron chi connectivity index (χ3n) is 4.29. The number of furan rings is 1. The van der Waals surface area contributed by atoms with E-state index in [2.05, 4.69) is 29.2 Å². The van der Waals surface area contributed by atoms with Crippen LogP contribution in [-0.2, 0) is 6.54 Å². The van der Waals surface area contributed by atoms with Gasteiger partial charge in [-0.05, 0) is 50.2 Å². The maximum atomic E-state index is 12.4. The molecule has 28 heavy (non-hydrogen) atoms. The van der Waals surface area contributed by atoms with E-state index in [9.17, 15) is 14.9 Å². The zero-order chi connectivity index (χ0) is 20.1. The van der Waals surface area contributed by atoms with Gasteiger partial charge >= 0.3 is 5.69 Å². The van der Waals surface area contributed by atoms with E-state index in [0.29, 0.717) is 11.4 Å². The molecule has 1 N–H and O–H groups in total. The van der Waals surface area contributed by atoms with E-state index in [-0.39, 0.29) is 23.9 Å². The summed E-state index contributed by atoms with van der Waals surface area (Å²) in [5, 5.41) is 17.4. The summed E-state index contributed by atoms with van der Waals surface area (Å²) in [5.41, 5.74) is 1.66. The maximum Gasteiger partial charge on any atom is 0.307 e. The Bertz CT molecular complexity index is 957. The molecule has 3 aromatic rings. The summed E-state index contributed by atoms with van der Waals surface area (Å²) >= 11 is 0. The van der Waals surface area contributed by atoms with Crippen LogP contribution in [0.3, 0.4) is 0 Å². The maximum absolute atomic E-state index is 12.4. The topological polar surface area (TPSA) is 106 Å². The first kappa shape index (κ1) is 19.2. The van der Waals surface area contributed by atoms with Crippen LogP contribution in [0.5, 0.6) is 0 Å². The lowest BCUT2D eigenvalue weighted by Gasteiger charge is -2.21. The molecule has 0 aliphatic carbocycles. The summed E-state index contributed by atoms with van der Waals surface area (Å²) in [6.45, 7) is 6.21. The normalized spacial score (nSPS) is 10.6. The summed E-state index contributed by atoms with van der Waals surface area (Å²) in [7, 11) is 0. The van der Waals surface area contributed by atoms with Gasteiger partial charge in [-0.25, -0.2) is 0 Å². The summed E-state index contributed by atoms with van der Waals surface area (Å²) in [6.07, 6.45) is 2.47. The molecular weight excluding hydrogens is 362 g/mol. The van der Waals surface area contributed by atoms with Crippen LogP contribution in [0, 0.1) is 10.1 Å². The molecule has 2 aromatic heterocycles. The number of amides is 1. The molecule has 0 fully saturated rings. The third kappa shape index (κ3) is 4.37. The van der Waals surface area contributed by atoms with Gasteiger partial charge in [-0.2, -0.15) is 5.10 Å². The number of nitrogens with zero attached hydrogens (tertiary/aromatic N) is 4. The van der Waals surface area contributed by atoms with Crippen LogP contribution >= 0.6 is 0 Å². The van der Waals surface area contributed by atoms with Crippen molar-refractivity contribution >= 4 is 23.0 Å². The molecule has 1 aromatic carbocycles. The quantitative estimate of drug-likeness (QED) is 0.471. The van der Waals surface area contributed by atoms with Gasteiger partial charge in [0.25, 0.3) is 5.91 Å². The third-order valence-corrected chi connectivity index (χ3v) is 4.29. The zero-order valence-electron chi connectivity index (χ0n) is 15.7. The zero-order valence-corrected chi connectivity index (χ0v) is 15.7. The monoisotopic (exact) mass is 383 g/mol. The number of aromatic nitrogens is 2. The van der Waals surface area contributed by atoms with Crippen molar-refractivity contribution < 1.29 is 14.1 Å². The van der Waals surface area contributed by atoms with Crippen LogP contribution in [0.15, 0.2) is 53.2 Å². The molecule has 0 saturated heterocycles. The number of nitrogens with one attached hydrogen (secondary N) is 1. The Kier molecular flexibility index (Phi) is 5.73. The van der Waals surface area contributed by atoms with Gasteiger partial charge in [0.1, 0.15) is 18.2 Å². The van der Waals surface area contributed by atoms with Crippen molar-refractivity contribution in [2.24, 2.45) is 0 Å². The minimum Gasteiger partial charge on any atom is -0.454 e. The standard InChI is InChI=1S/C19H21N5O4/c1-3-22(4-2)15-7-5-14(6-8-15)21-19(25)18-10-9-17(28-18)13-23-12-16(11-20-23)24(26)27/h5-12H,3-4,13H2,1-2H3,(H,21,25). The van der Waals surface area contributed by atoms with Gasteiger partial charge in [-0.15, -0.1) is 0 Å². The molecule has 1 amide bonds. The van der Waals surface area contributed by atoms with Gasteiger partial charge in [0.15, 0.2) is 5.76 Å². The van der Waals surface area contributed by atoms with E-state index in [1.165, 1.54) is 17.1 Å². The van der Waals surface area contributed by atoms with Crippen molar-refractivity contribution in [3.8, 4) is 0 Å². The van der Waals surface area contributed by atoms with E-state index < -0.39 is 4.92 Å². The number of carbonyl (C=O) groups is 1. The molecule has 2 heterocycles. The Morgan fingerprint density at radius 1 is 1.21 bits per heavy atom. The fourth-order valence-corrected chi connectivity index (χ4v) is 2.82. The Morgan fingerprint density at radius 3 is 2.54 bits per heavy atom. The van der Waals surface area contributed by atoms with Crippen molar-refractivity contribution in [2.75, 3.05) is 23.3 Å². The smallest absolute Gasteiger partial charge is 0.307 e. The number of hydrogen-bond donors (Lipinski definition) is 1.